The summed E-state index contributed by atoms with van der Waals surface area (Å²) in [5.74, 6) is 0. The molecule has 0 N–H and O–H groups in total. The summed E-state index contributed by atoms with van der Waals surface area (Å²) in [7, 11) is 0. The molecule has 4 nitrogen and oxygen atoms in total. The van der Waals surface area contributed by atoms with Crippen molar-refractivity contribution in [1.82, 2.24) is 0 Å². The first-order valence-corrected chi connectivity index (χ1v) is 9.41. The van der Waals surface area contributed by atoms with Crippen LogP contribution in [0.5, 0.6) is 0 Å². The summed E-state index contributed by atoms with van der Waals surface area (Å²) < 4.78 is 101. The molecule has 2 aliphatic rings. The van der Waals surface area contributed by atoms with E-state index in [1.165, 1.54) is 0 Å². The topological polar surface area (TPSA) is 36.9 Å². The van der Waals surface area contributed by atoms with E-state index < -0.39 is 48.9 Å². The predicted octanol–water partition coefficient (Wildman–Crippen LogP) is 3.71. The van der Waals surface area contributed by atoms with Crippen LogP contribution in [0.25, 0.3) is 0 Å². The van der Waals surface area contributed by atoms with Crippen LogP contribution in [0.3, 0.4) is 0 Å². The van der Waals surface area contributed by atoms with Gasteiger partial charge in [0.05, 0.1) is 0 Å². The quantitative estimate of drug-likeness (QED) is 0.443. The zero-order valence-corrected chi connectivity index (χ0v) is 15.0. The molecule has 0 bridgehead atoms. The van der Waals surface area contributed by atoms with Crippen LogP contribution in [0.4, 0.5) is 26.3 Å². The second-order valence-electron chi connectivity index (χ2n) is 6.82. The fraction of sp³-hybridized carbons (Fsp3) is 1.00. The first-order chi connectivity index (χ1) is 9.83. The first-order valence-electron chi connectivity index (χ1n) is 6.62. The van der Waals surface area contributed by atoms with Crippen LogP contribution in [0.2, 0.25) is 0 Å². The van der Waals surface area contributed by atoms with E-state index in [2.05, 4.69) is 0 Å². The average molecular weight is 419 g/mol. The molecule has 2 unspecified atom stereocenters. The number of rotatable bonds is 0. The summed E-state index contributed by atoms with van der Waals surface area (Å²) >= 11 is -4.89. The van der Waals surface area contributed by atoms with Gasteiger partial charge in [0.25, 0.3) is 0 Å². The fourth-order valence-corrected chi connectivity index (χ4v) is 8.35. The van der Waals surface area contributed by atoms with Gasteiger partial charge in [-0.05, 0) is 0 Å². The van der Waals surface area contributed by atoms with Gasteiger partial charge >= 0.3 is 132 Å². The van der Waals surface area contributed by atoms with Crippen molar-refractivity contribution in [1.29, 1.82) is 0 Å². The summed E-state index contributed by atoms with van der Waals surface area (Å²) in [5, 5.41) is 0. The Morgan fingerprint density at radius 3 is 1.00 bits per heavy atom. The Labute approximate surface area is 132 Å². The van der Waals surface area contributed by atoms with E-state index in [1.54, 1.807) is 0 Å². The molecule has 0 aliphatic carbocycles. The van der Waals surface area contributed by atoms with E-state index >= 15 is 0 Å². The molecule has 2 saturated heterocycles. The third-order valence-corrected chi connectivity index (χ3v) is 9.40. The van der Waals surface area contributed by atoms with Crippen LogP contribution in [-0.4, -0.2) is 48.9 Å². The minimum atomic E-state index is -4.89. The van der Waals surface area contributed by atoms with Crippen LogP contribution in [-0.2, 0) is 15.3 Å². The van der Waals surface area contributed by atoms with Gasteiger partial charge in [-0.25, -0.2) is 0 Å². The van der Waals surface area contributed by atoms with Crippen LogP contribution in [0.1, 0.15) is 41.5 Å². The fourth-order valence-electron chi connectivity index (χ4n) is 2.16. The van der Waals surface area contributed by atoms with Gasteiger partial charge in [-0.2, -0.15) is 0 Å². The Morgan fingerprint density at radius 2 is 0.826 bits per heavy atom. The van der Waals surface area contributed by atoms with E-state index in [-0.39, 0.29) is 0 Å². The van der Waals surface area contributed by atoms with Gasteiger partial charge < -0.3 is 0 Å². The normalized spacial score (nSPS) is 46.1. The van der Waals surface area contributed by atoms with Gasteiger partial charge in [-0.3, -0.25) is 0 Å². The Kier molecular flexibility index (Phi) is 3.82. The predicted molar refractivity (Wildman–Crippen MR) is 67.2 cm³/mol. The third kappa shape index (κ3) is 2.43. The molecular weight excluding hydrogens is 401 g/mol. The van der Waals surface area contributed by atoms with Gasteiger partial charge in [0.2, 0.25) is 0 Å². The Morgan fingerprint density at radius 1 is 0.565 bits per heavy atom. The van der Waals surface area contributed by atoms with E-state index in [1.807, 2.05) is 0 Å². The molecule has 2 fully saturated rings. The van der Waals surface area contributed by atoms with Crippen LogP contribution in [0, 0.1) is 0 Å². The van der Waals surface area contributed by atoms with E-state index in [0.717, 1.165) is 27.7 Å². The van der Waals surface area contributed by atoms with Crippen molar-refractivity contribution in [3.05, 3.63) is 0 Å². The average Bonchev–Trinajstić information content (AvgIpc) is 2.53. The number of halogens is 6. The zero-order chi connectivity index (χ0) is 18.3. The molecule has 2 rings (SSSR count). The SMILES string of the molecule is CC1(C)O[Se]2(OC(C)(C)C(C)(C(F)(F)F)O2)OC1(C)C(F)(F)F. The second kappa shape index (κ2) is 4.56. The van der Waals surface area contributed by atoms with E-state index in [0.29, 0.717) is 13.8 Å². The van der Waals surface area contributed by atoms with Gasteiger partial charge in [-0.1, -0.05) is 0 Å². The van der Waals surface area contributed by atoms with Gasteiger partial charge in [0.15, 0.2) is 0 Å². The summed E-state index contributed by atoms with van der Waals surface area (Å²) in [6, 6.07) is 0. The van der Waals surface area contributed by atoms with Gasteiger partial charge in [-0.15, -0.1) is 0 Å². The second-order valence-corrected chi connectivity index (χ2v) is 9.94. The maximum absolute atomic E-state index is 13.4. The summed E-state index contributed by atoms with van der Waals surface area (Å²) in [4.78, 5) is 0. The summed E-state index contributed by atoms with van der Waals surface area (Å²) in [6.45, 7) is 5.74. The Bertz CT molecular complexity index is 471. The molecule has 0 radical (unpaired) electrons. The van der Waals surface area contributed by atoms with Crippen molar-refractivity contribution in [2.75, 3.05) is 0 Å². The van der Waals surface area contributed by atoms with Crippen molar-refractivity contribution in [2.45, 2.75) is 76.3 Å². The van der Waals surface area contributed by atoms with Gasteiger partial charge in [0.1, 0.15) is 0 Å². The molecular formula is C12H18F6O4Se. The molecule has 2 atom stereocenters. The molecule has 2 heterocycles. The summed E-state index contributed by atoms with van der Waals surface area (Å²) in [6.07, 6.45) is -9.77. The molecule has 0 saturated carbocycles. The van der Waals surface area contributed by atoms with Crippen molar-refractivity contribution in [3.63, 3.8) is 0 Å². The molecule has 0 aromatic carbocycles. The molecule has 0 aromatic heterocycles. The van der Waals surface area contributed by atoms with E-state index in [9.17, 15) is 26.3 Å². The zero-order valence-electron chi connectivity index (χ0n) is 13.3. The number of hydrogen-bond donors (Lipinski definition) is 0. The van der Waals surface area contributed by atoms with Crippen molar-refractivity contribution < 1.29 is 41.6 Å². The van der Waals surface area contributed by atoms with Crippen molar-refractivity contribution >= 4 is 14.2 Å². The number of alkyl halides is 6. The van der Waals surface area contributed by atoms with E-state index in [4.69, 9.17) is 15.3 Å². The van der Waals surface area contributed by atoms with Gasteiger partial charge in [0, 0.05) is 0 Å². The van der Waals surface area contributed by atoms with Crippen molar-refractivity contribution in [2.24, 2.45) is 0 Å². The first kappa shape index (κ1) is 19.3. The van der Waals surface area contributed by atoms with Crippen LogP contribution >= 0.6 is 0 Å². The molecule has 0 aromatic rings. The molecule has 0 amide bonds. The van der Waals surface area contributed by atoms with Crippen molar-refractivity contribution in [3.8, 4) is 0 Å². The maximum atomic E-state index is 13.4. The molecule has 1 spiro atoms. The standard InChI is InChI=1S/C12H18F6O4Se/c1-7(2)9(5,11(13,14)15)21-23(19-7)20-8(3,4)10(6,22-23)12(16,17)18/h1-6H3. The third-order valence-electron chi connectivity index (χ3n) is 4.54. The number of hydrogen-bond acceptors (Lipinski definition) is 4. The molecule has 138 valence electrons. The molecule has 2 aliphatic heterocycles. The molecule has 11 heteroatoms. The molecule has 23 heavy (non-hydrogen) atoms. The van der Waals surface area contributed by atoms with Crippen LogP contribution < -0.4 is 0 Å². The monoisotopic (exact) mass is 420 g/mol. The minimum absolute atomic E-state index is 0.710. The Balaban J connectivity index is 2.49. The summed E-state index contributed by atoms with van der Waals surface area (Å²) in [5.41, 5.74) is -9.66. The Hall–Kier alpha value is -0.0605. The van der Waals surface area contributed by atoms with Crippen LogP contribution in [0.15, 0.2) is 0 Å².